The molecule has 1 atom stereocenters. The molecule has 0 fully saturated rings. The monoisotopic (exact) mass is 320 g/mol. The van der Waals surface area contributed by atoms with E-state index >= 15 is 0 Å². The van der Waals surface area contributed by atoms with Crippen molar-refractivity contribution < 1.29 is 18.4 Å². The topological polar surface area (TPSA) is 44.8 Å². The maximum absolute atomic E-state index is 11.5. The molecule has 0 rings (SSSR count). The summed E-state index contributed by atoms with van der Waals surface area (Å²) >= 11 is 0. The quantitative estimate of drug-likeness (QED) is 0.529. The summed E-state index contributed by atoms with van der Waals surface area (Å²) in [5.74, 6) is -0.243. The minimum Gasteiger partial charge on any atom is -0.469 e. The number of hydrogen-bond donors (Lipinski definition) is 0. The van der Waals surface area contributed by atoms with Crippen LogP contribution in [-0.4, -0.2) is 42.4 Å². The zero-order valence-corrected chi connectivity index (χ0v) is 16.6. The predicted molar refractivity (Wildman–Crippen MR) is 88.0 cm³/mol. The lowest BCUT2D eigenvalue weighted by Gasteiger charge is -2.38. The number of ether oxygens (including phenoxy) is 1. The van der Waals surface area contributed by atoms with Crippen LogP contribution >= 0.6 is 0 Å². The number of rotatable bonds is 7. The van der Waals surface area contributed by atoms with Gasteiger partial charge < -0.3 is 13.6 Å². The largest absolute Gasteiger partial charge is 0.469 e. The minimum absolute atomic E-state index is 0.155. The number of carbonyl (C=O) groups excluding carboxylic acids is 1. The van der Waals surface area contributed by atoms with Crippen LogP contribution in [0.25, 0.3) is 0 Å². The molecule has 6 heteroatoms. The molecule has 0 saturated carbocycles. The molecular formula is C14H32O4Si2. The van der Waals surface area contributed by atoms with Gasteiger partial charge in [-0.3, -0.25) is 4.79 Å². The first-order valence-corrected chi connectivity index (χ1v) is 13.5. The number of methoxy groups -OCH3 is 1. The molecular weight excluding hydrogens is 288 g/mol. The van der Waals surface area contributed by atoms with Crippen LogP contribution < -0.4 is 0 Å². The van der Waals surface area contributed by atoms with Gasteiger partial charge in [-0.05, 0) is 37.8 Å². The van der Waals surface area contributed by atoms with E-state index in [0.29, 0.717) is 6.61 Å². The van der Waals surface area contributed by atoms with Crippen LogP contribution in [0.2, 0.25) is 37.8 Å². The Balaban J connectivity index is 4.70. The van der Waals surface area contributed by atoms with E-state index in [4.69, 9.17) is 13.6 Å². The zero-order valence-electron chi connectivity index (χ0n) is 14.6. The van der Waals surface area contributed by atoms with Gasteiger partial charge in [0.15, 0.2) is 16.6 Å². The molecule has 0 aromatic carbocycles. The first-order chi connectivity index (χ1) is 8.78. The van der Waals surface area contributed by atoms with Crippen LogP contribution in [0.15, 0.2) is 0 Å². The average Bonchev–Trinajstić information content (AvgIpc) is 2.22. The van der Waals surface area contributed by atoms with Crippen LogP contribution in [-0.2, 0) is 18.4 Å². The van der Waals surface area contributed by atoms with Gasteiger partial charge >= 0.3 is 5.97 Å². The van der Waals surface area contributed by atoms with Crippen LogP contribution in [0.3, 0.4) is 0 Å². The Labute approximate surface area is 126 Å². The van der Waals surface area contributed by atoms with Gasteiger partial charge in [-0.15, -0.1) is 0 Å². The van der Waals surface area contributed by atoms with Crippen LogP contribution in [0.1, 0.15) is 27.2 Å². The molecule has 0 heterocycles. The molecule has 0 aromatic heterocycles. The van der Waals surface area contributed by atoms with Gasteiger partial charge in [0.25, 0.3) is 0 Å². The summed E-state index contributed by atoms with van der Waals surface area (Å²) in [7, 11) is -2.13. The van der Waals surface area contributed by atoms with Crippen LogP contribution in [0, 0.1) is 0 Å². The van der Waals surface area contributed by atoms with E-state index in [1.165, 1.54) is 7.11 Å². The molecule has 0 aliphatic heterocycles. The van der Waals surface area contributed by atoms with Gasteiger partial charge in [0.2, 0.25) is 0 Å². The van der Waals surface area contributed by atoms with Gasteiger partial charge in [0, 0.05) is 0 Å². The second-order valence-corrected chi connectivity index (χ2v) is 17.0. The van der Waals surface area contributed by atoms with Crippen molar-refractivity contribution >= 4 is 22.6 Å². The second kappa shape index (κ2) is 7.20. The highest BCUT2D eigenvalue weighted by atomic mass is 28.4. The molecule has 20 heavy (non-hydrogen) atoms. The Bertz CT molecular complexity index is 316. The predicted octanol–water partition coefficient (Wildman–Crippen LogP) is 3.79. The smallest absolute Gasteiger partial charge is 0.308 e. The lowest BCUT2D eigenvalue weighted by Crippen LogP contribution is -2.45. The maximum Gasteiger partial charge on any atom is 0.308 e. The standard InChI is InChI=1S/C14H32O4Si2/c1-14(2,3)20(8,9)17-11-12(10-13(15)16-4)18-19(5,6)7/h12H,10-11H2,1-9H3/t12-/m1/s1. The Morgan fingerprint density at radius 3 is 1.95 bits per heavy atom. The molecule has 0 radical (unpaired) electrons. The molecule has 120 valence electrons. The fraction of sp³-hybridized carbons (Fsp3) is 0.929. The second-order valence-electron chi connectivity index (χ2n) is 7.70. The molecule has 0 aromatic rings. The van der Waals surface area contributed by atoms with Crippen molar-refractivity contribution in [3.05, 3.63) is 0 Å². The third-order valence-corrected chi connectivity index (χ3v) is 9.12. The Kier molecular flexibility index (Phi) is 7.13. The number of esters is 1. The average molecular weight is 321 g/mol. The Morgan fingerprint density at radius 1 is 1.10 bits per heavy atom. The molecule has 0 amide bonds. The summed E-state index contributed by atoms with van der Waals surface area (Å²) in [6, 6.07) is 0. The highest BCUT2D eigenvalue weighted by Gasteiger charge is 2.38. The van der Waals surface area contributed by atoms with E-state index < -0.39 is 16.6 Å². The highest BCUT2D eigenvalue weighted by molar-refractivity contribution is 6.74. The van der Waals surface area contributed by atoms with Crippen molar-refractivity contribution in [1.82, 2.24) is 0 Å². The van der Waals surface area contributed by atoms with Crippen molar-refractivity contribution in [2.24, 2.45) is 0 Å². The van der Waals surface area contributed by atoms with E-state index in [9.17, 15) is 4.79 Å². The SMILES string of the molecule is COC(=O)C[C@H](CO[Si](C)(C)C(C)(C)C)O[Si](C)(C)C. The summed E-state index contributed by atoms with van der Waals surface area (Å²) < 4.78 is 17.0. The van der Waals surface area contributed by atoms with Gasteiger partial charge in [-0.2, -0.15) is 0 Å². The zero-order chi connectivity index (χ0) is 16.2. The van der Waals surface area contributed by atoms with Gasteiger partial charge in [0.1, 0.15) is 0 Å². The highest BCUT2D eigenvalue weighted by Crippen LogP contribution is 2.36. The summed E-state index contributed by atoms with van der Waals surface area (Å²) in [5.41, 5.74) is 0. The summed E-state index contributed by atoms with van der Waals surface area (Å²) in [4.78, 5) is 11.5. The van der Waals surface area contributed by atoms with Crippen molar-refractivity contribution in [3.8, 4) is 0 Å². The lowest BCUT2D eigenvalue weighted by molar-refractivity contribution is -0.143. The molecule has 0 N–H and O–H groups in total. The van der Waals surface area contributed by atoms with Crippen molar-refractivity contribution in [3.63, 3.8) is 0 Å². The third kappa shape index (κ3) is 7.56. The molecule has 0 unspecified atom stereocenters. The lowest BCUT2D eigenvalue weighted by atomic mass is 10.2. The molecule has 4 nitrogen and oxygen atoms in total. The van der Waals surface area contributed by atoms with Crippen molar-refractivity contribution in [2.45, 2.75) is 71.1 Å². The van der Waals surface area contributed by atoms with E-state index in [0.717, 1.165) is 0 Å². The summed E-state index contributed by atoms with van der Waals surface area (Å²) in [6.07, 6.45) is 0.0540. The maximum atomic E-state index is 11.5. The van der Waals surface area contributed by atoms with Gasteiger partial charge in [-0.1, -0.05) is 20.8 Å². The number of carbonyl (C=O) groups is 1. The molecule has 0 spiro atoms. The van der Waals surface area contributed by atoms with E-state index in [1.807, 2.05) is 0 Å². The van der Waals surface area contributed by atoms with E-state index in [2.05, 4.69) is 53.5 Å². The van der Waals surface area contributed by atoms with Crippen molar-refractivity contribution in [1.29, 1.82) is 0 Å². The van der Waals surface area contributed by atoms with Gasteiger partial charge in [-0.25, -0.2) is 0 Å². The Morgan fingerprint density at radius 2 is 1.60 bits per heavy atom. The van der Waals surface area contributed by atoms with Crippen LogP contribution in [0.5, 0.6) is 0 Å². The number of hydrogen-bond acceptors (Lipinski definition) is 4. The minimum atomic E-state index is -1.82. The third-order valence-electron chi connectivity index (χ3n) is 3.58. The Hall–Kier alpha value is -0.176. The van der Waals surface area contributed by atoms with Crippen molar-refractivity contribution in [2.75, 3.05) is 13.7 Å². The summed E-state index contributed by atoms with van der Waals surface area (Å²) in [6.45, 7) is 17.8. The molecule has 0 saturated heterocycles. The van der Waals surface area contributed by atoms with E-state index in [-0.39, 0.29) is 23.5 Å². The summed E-state index contributed by atoms with van der Waals surface area (Å²) in [5, 5.41) is 0.155. The fourth-order valence-electron chi connectivity index (χ4n) is 1.42. The van der Waals surface area contributed by atoms with Crippen LogP contribution in [0.4, 0.5) is 0 Å². The fourth-order valence-corrected chi connectivity index (χ4v) is 3.61. The molecule has 0 bridgehead atoms. The molecule has 0 aliphatic carbocycles. The molecule has 0 aliphatic rings. The van der Waals surface area contributed by atoms with E-state index in [1.54, 1.807) is 0 Å². The first kappa shape index (κ1) is 19.8. The normalized spacial score (nSPS) is 15.1. The van der Waals surface area contributed by atoms with Gasteiger partial charge in [0.05, 0.1) is 26.2 Å². The first-order valence-electron chi connectivity index (χ1n) is 7.17.